The first-order valence-corrected chi connectivity index (χ1v) is 9.71. The summed E-state index contributed by atoms with van der Waals surface area (Å²) in [4.78, 5) is 21.2. The maximum Gasteiger partial charge on any atom is 0.252 e. The zero-order valence-corrected chi connectivity index (χ0v) is 16.6. The first-order valence-electron chi connectivity index (χ1n) is 9.71. The number of nitrogens with zero attached hydrogens (tertiary/aromatic N) is 2. The largest absolute Gasteiger partial charge is 0.496 e. The number of carbonyl (C=O) groups excluding carboxylic acids is 1. The lowest BCUT2D eigenvalue weighted by Crippen LogP contribution is -2.25. The number of carbonyl (C=O) groups is 1. The molecule has 4 rings (SSSR count). The Kier molecular flexibility index (Phi) is 5.85. The van der Waals surface area contributed by atoms with E-state index in [0.717, 1.165) is 27.9 Å². The second-order valence-corrected chi connectivity index (χ2v) is 6.76. The number of aromatic nitrogens is 2. The molecule has 0 aliphatic carbocycles. The summed E-state index contributed by atoms with van der Waals surface area (Å²) in [6.45, 7) is 0.515. The van der Waals surface area contributed by atoms with Gasteiger partial charge in [-0.1, -0.05) is 36.4 Å². The van der Waals surface area contributed by atoms with Crippen molar-refractivity contribution >= 4 is 28.3 Å². The predicted molar refractivity (Wildman–Crippen MR) is 118 cm³/mol. The number of amides is 1. The monoisotopic (exact) mass is 398 g/mol. The van der Waals surface area contributed by atoms with Crippen LogP contribution in [0.3, 0.4) is 0 Å². The van der Waals surface area contributed by atoms with E-state index in [-0.39, 0.29) is 5.91 Å². The van der Waals surface area contributed by atoms with Crippen LogP contribution in [0.25, 0.3) is 10.9 Å². The van der Waals surface area contributed by atoms with Gasteiger partial charge in [0.15, 0.2) is 0 Å². The smallest absolute Gasteiger partial charge is 0.252 e. The molecule has 0 spiro atoms. The molecule has 0 unspecified atom stereocenters. The summed E-state index contributed by atoms with van der Waals surface area (Å²) in [6, 6.07) is 21.2. The fourth-order valence-corrected chi connectivity index (χ4v) is 3.27. The Balaban J connectivity index is 1.37. The maximum atomic E-state index is 12.4. The van der Waals surface area contributed by atoms with Crippen molar-refractivity contribution in [2.45, 2.75) is 6.42 Å². The number of rotatable bonds is 7. The molecule has 0 radical (unpaired) electrons. The Bertz CT molecular complexity index is 1150. The summed E-state index contributed by atoms with van der Waals surface area (Å²) in [7, 11) is 1.65. The van der Waals surface area contributed by atoms with Crippen molar-refractivity contribution in [3.8, 4) is 5.75 Å². The van der Waals surface area contributed by atoms with Crippen molar-refractivity contribution in [2.75, 3.05) is 19.0 Å². The molecule has 2 aromatic carbocycles. The molecule has 0 fully saturated rings. The summed E-state index contributed by atoms with van der Waals surface area (Å²) in [5, 5.41) is 7.25. The minimum absolute atomic E-state index is 0.157. The normalized spacial score (nSPS) is 10.6. The third-order valence-electron chi connectivity index (χ3n) is 4.79. The maximum absolute atomic E-state index is 12.4. The van der Waals surface area contributed by atoms with Gasteiger partial charge in [0.1, 0.15) is 11.6 Å². The number of anilines is 2. The van der Waals surface area contributed by atoms with Crippen molar-refractivity contribution in [3.63, 3.8) is 0 Å². The number of fused-ring (bicyclic) bond motifs is 1. The zero-order valence-electron chi connectivity index (χ0n) is 16.6. The number of hydrogen-bond acceptors (Lipinski definition) is 5. The topological polar surface area (TPSA) is 76.1 Å². The highest BCUT2D eigenvalue weighted by Crippen LogP contribution is 2.23. The number of methoxy groups -OCH3 is 1. The molecule has 0 aliphatic heterocycles. The standard InChI is InChI=1S/C24H22N4O2/c1-30-21-10-3-2-6-17(21)13-15-26-24(29)19-11-12-22(27-16-19)28-20-9-4-7-18-8-5-14-25-23(18)20/h2-12,14,16H,13,15H2,1H3,(H,26,29)(H,27,28). The third-order valence-corrected chi connectivity index (χ3v) is 4.79. The van der Waals surface area contributed by atoms with Gasteiger partial charge in [-0.05, 0) is 42.3 Å². The molecule has 0 aliphatic rings. The Labute approximate surface area is 175 Å². The quantitative estimate of drug-likeness (QED) is 0.484. The highest BCUT2D eigenvalue weighted by Gasteiger charge is 2.08. The van der Waals surface area contributed by atoms with Crippen LogP contribution in [0.1, 0.15) is 15.9 Å². The van der Waals surface area contributed by atoms with Gasteiger partial charge in [0.2, 0.25) is 0 Å². The van der Waals surface area contributed by atoms with Gasteiger partial charge in [-0.2, -0.15) is 0 Å². The van der Waals surface area contributed by atoms with E-state index >= 15 is 0 Å². The molecule has 1 amide bonds. The second kappa shape index (κ2) is 9.05. The van der Waals surface area contributed by atoms with Crippen LogP contribution >= 0.6 is 0 Å². The van der Waals surface area contributed by atoms with Gasteiger partial charge in [0.25, 0.3) is 5.91 Å². The SMILES string of the molecule is COc1ccccc1CCNC(=O)c1ccc(Nc2cccc3cccnc23)nc1. The number of hydrogen-bond donors (Lipinski definition) is 2. The summed E-state index contributed by atoms with van der Waals surface area (Å²) >= 11 is 0. The van der Waals surface area contributed by atoms with Gasteiger partial charge in [-0.25, -0.2) is 4.98 Å². The minimum atomic E-state index is -0.157. The lowest BCUT2D eigenvalue weighted by Gasteiger charge is -2.10. The van der Waals surface area contributed by atoms with Gasteiger partial charge in [-0.15, -0.1) is 0 Å². The van der Waals surface area contributed by atoms with Crippen LogP contribution in [0, 0.1) is 0 Å². The van der Waals surface area contributed by atoms with Crippen LogP contribution in [0.15, 0.2) is 79.1 Å². The molecule has 0 saturated heterocycles. The highest BCUT2D eigenvalue weighted by atomic mass is 16.5. The van der Waals surface area contributed by atoms with E-state index < -0.39 is 0 Å². The molecule has 150 valence electrons. The molecular weight excluding hydrogens is 376 g/mol. The van der Waals surface area contributed by atoms with E-state index in [9.17, 15) is 4.79 Å². The second-order valence-electron chi connectivity index (χ2n) is 6.76. The highest BCUT2D eigenvalue weighted by molar-refractivity contribution is 5.94. The number of nitrogens with one attached hydrogen (secondary N) is 2. The number of benzene rings is 2. The first-order chi connectivity index (χ1) is 14.7. The molecule has 2 heterocycles. The molecule has 6 heteroatoms. The van der Waals surface area contributed by atoms with E-state index in [2.05, 4.69) is 20.6 Å². The summed E-state index contributed by atoms with van der Waals surface area (Å²) in [5.74, 6) is 1.32. The molecule has 0 atom stereocenters. The molecule has 0 bridgehead atoms. The fraction of sp³-hybridized carbons (Fsp3) is 0.125. The van der Waals surface area contributed by atoms with E-state index in [1.54, 1.807) is 31.6 Å². The van der Waals surface area contributed by atoms with Crippen molar-refractivity contribution in [3.05, 3.63) is 90.3 Å². The van der Waals surface area contributed by atoms with Crippen molar-refractivity contribution < 1.29 is 9.53 Å². The number of para-hydroxylation sites is 2. The van der Waals surface area contributed by atoms with Crippen LogP contribution in [0.4, 0.5) is 11.5 Å². The first kappa shape index (κ1) is 19.4. The molecule has 0 saturated carbocycles. The summed E-state index contributed by atoms with van der Waals surface area (Å²) in [5.41, 5.74) is 3.31. The summed E-state index contributed by atoms with van der Waals surface area (Å²) in [6.07, 6.45) is 4.02. The van der Waals surface area contributed by atoms with Crippen molar-refractivity contribution in [2.24, 2.45) is 0 Å². The number of pyridine rings is 2. The van der Waals surface area contributed by atoms with Gasteiger partial charge < -0.3 is 15.4 Å². The average Bonchev–Trinajstić information content (AvgIpc) is 2.80. The molecule has 2 N–H and O–H groups in total. The van der Waals surface area contributed by atoms with Crippen molar-refractivity contribution in [1.29, 1.82) is 0 Å². The van der Waals surface area contributed by atoms with E-state index in [1.165, 1.54) is 0 Å². The molecule has 2 aromatic heterocycles. The van der Waals surface area contributed by atoms with E-state index in [1.807, 2.05) is 54.6 Å². The Morgan fingerprint density at radius 2 is 1.83 bits per heavy atom. The van der Waals surface area contributed by atoms with E-state index in [0.29, 0.717) is 24.3 Å². The van der Waals surface area contributed by atoms with Crippen molar-refractivity contribution in [1.82, 2.24) is 15.3 Å². The third kappa shape index (κ3) is 4.38. The molecule has 4 aromatic rings. The molecular formula is C24H22N4O2. The van der Waals surface area contributed by atoms with Crippen LogP contribution in [0.2, 0.25) is 0 Å². The van der Waals surface area contributed by atoms with Gasteiger partial charge >= 0.3 is 0 Å². The van der Waals surface area contributed by atoms with Gasteiger partial charge in [-0.3, -0.25) is 9.78 Å². The Hall–Kier alpha value is -3.93. The van der Waals surface area contributed by atoms with Gasteiger partial charge in [0, 0.05) is 24.3 Å². The summed E-state index contributed by atoms with van der Waals surface area (Å²) < 4.78 is 5.34. The molecule has 30 heavy (non-hydrogen) atoms. The molecule has 6 nitrogen and oxygen atoms in total. The van der Waals surface area contributed by atoms with Crippen LogP contribution in [0.5, 0.6) is 5.75 Å². The van der Waals surface area contributed by atoms with Gasteiger partial charge in [0.05, 0.1) is 23.9 Å². The minimum Gasteiger partial charge on any atom is -0.496 e. The number of ether oxygens (including phenoxy) is 1. The lowest BCUT2D eigenvalue weighted by atomic mass is 10.1. The fourth-order valence-electron chi connectivity index (χ4n) is 3.27. The average molecular weight is 398 g/mol. The predicted octanol–water partition coefficient (Wildman–Crippen LogP) is 4.35. The van der Waals surface area contributed by atoms with Crippen LogP contribution in [-0.2, 0) is 6.42 Å². The Morgan fingerprint density at radius 1 is 0.967 bits per heavy atom. The zero-order chi connectivity index (χ0) is 20.8. The van der Waals surface area contributed by atoms with Crippen LogP contribution < -0.4 is 15.4 Å². The van der Waals surface area contributed by atoms with E-state index in [4.69, 9.17) is 4.74 Å². The lowest BCUT2D eigenvalue weighted by molar-refractivity contribution is 0.0953. The Morgan fingerprint density at radius 3 is 2.67 bits per heavy atom. The van der Waals surface area contributed by atoms with Crippen LogP contribution in [-0.4, -0.2) is 29.5 Å².